The summed E-state index contributed by atoms with van der Waals surface area (Å²) in [6.07, 6.45) is -4.22. The van der Waals surface area contributed by atoms with Gasteiger partial charge in [-0.3, -0.25) is 4.21 Å². The molecule has 1 heterocycles. The quantitative estimate of drug-likeness (QED) is 0.0913. The molecule has 1 aromatic rings. The highest BCUT2D eigenvalue weighted by Gasteiger charge is 2.57. The number of hydrogen-bond acceptors (Lipinski definition) is 8. The Kier molecular flexibility index (Phi) is 13.9. The molecule has 5 rings (SSSR count). The molecule has 0 radical (unpaired) electrons. The van der Waals surface area contributed by atoms with E-state index in [4.69, 9.17) is 9.47 Å². The van der Waals surface area contributed by atoms with E-state index in [1.807, 2.05) is 12.1 Å². The molecule has 3 fully saturated rings. The Balaban J connectivity index is 1.12. The van der Waals surface area contributed by atoms with Crippen molar-refractivity contribution in [3.63, 3.8) is 0 Å². The third-order valence-corrected chi connectivity index (χ3v) is 14.1. The Labute approximate surface area is 310 Å². The highest BCUT2D eigenvalue weighted by atomic mass is 32.2. The molecule has 3 aliphatic carbocycles. The van der Waals surface area contributed by atoms with Gasteiger partial charge in [0.25, 0.3) is 0 Å². The molecule has 1 saturated heterocycles. The van der Waals surface area contributed by atoms with E-state index in [0.717, 1.165) is 82.6 Å². The van der Waals surface area contributed by atoms with Crippen LogP contribution in [-0.2, 0) is 26.8 Å². The second-order valence-corrected chi connectivity index (χ2v) is 17.7. The summed E-state index contributed by atoms with van der Waals surface area (Å²) in [5.74, 6) is -4.22. The van der Waals surface area contributed by atoms with Crippen molar-refractivity contribution in [2.75, 3.05) is 11.5 Å². The van der Waals surface area contributed by atoms with Gasteiger partial charge in [0.15, 0.2) is 6.10 Å². The summed E-state index contributed by atoms with van der Waals surface area (Å²) in [7, 11) is -1.41. The van der Waals surface area contributed by atoms with Crippen molar-refractivity contribution in [2.24, 2.45) is 23.2 Å². The van der Waals surface area contributed by atoms with Crippen LogP contribution >= 0.6 is 0 Å². The number of unbranched alkanes of at least 4 members (excludes halogenated alkanes) is 6. The van der Waals surface area contributed by atoms with Crippen LogP contribution in [0.5, 0.6) is 5.75 Å². The summed E-state index contributed by atoms with van der Waals surface area (Å²) >= 11 is 0. The first kappa shape index (κ1) is 42.2. The van der Waals surface area contributed by atoms with E-state index in [1.54, 1.807) is 6.07 Å². The minimum absolute atomic E-state index is 0.113. The molecule has 0 bridgehead atoms. The maximum Gasteiger partial charge on any atom is 0.453 e. The van der Waals surface area contributed by atoms with Crippen molar-refractivity contribution in [3.8, 4) is 5.75 Å². The van der Waals surface area contributed by atoms with Crippen LogP contribution in [0.2, 0.25) is 0 Å². The number of fused-ring (bicyclic) bond motifs is 5. The monoisotopic (exact) mass is 782 g/mol. The lowest BCUT2D eigenvalue weighted by Crippen LogP contribution is -2.61. The predicted molar refractivity (Wildman–Crippen MR) is 186 cm³/mol. The Bertz CT molecular complexity index is 1410. The number of hydrogen-bond donors (Lipinski definition) is 5. The lowest BCUT2D eigenvalue weighted by atomic mass is 9.52. The lowest BCUT2D eigenvalue weighted by molar-refractivity contribution is -0.284. The van der Waals surface area contributed by atoms with Crippen molar-refractivity contribution in [2.45, 2.75) is 158 Å². The number of aliphatic carboxylic acids is 1. The summed E-state index contributed by atoms with van der Waals surface area (Å²) in [6, 6.07) is 5.71. The third kappa shape index (κ3) is 9.56. The van der Waals surface area contributed by atoms with Gasteiger partial charge in [-0.1, -0.05) is 51.5 Å². The average Bonchev–Trinajstić information content (AvgIpc) is 3.40. The minimum Gasteiger partial charge on any atom is -0.479 e. The van der Waals surface area contributed by atoms with Crippen LogP contribution in [0.1, 0.15) is 114 Å². The standard InChI is InChI=1S/C38H55F5O9S/c1-36-17-15-26-25-12-11-24(51-35-32(47)30(45)31(46)33(52-35)34(48)49)21-23(25)20-22(29(26)27(36)13-14-28(36)44)10-7-5-3-2-4-6-8-18-53(50)19-9-16-37(39,40)38(41,42)43/h11-12,21-22,26-33,35,44-47H,2-10,13-20H2,1H3,(H,48,49)/t22-,26-,27+,28-,29+,30-,31-,32-,33-,35+,36-,53+/m0/s1. The molecule has 4 aliphatic rings. The van der Waals surface area contributed by atoms with Gasteiger partial charge in [-0.2, -0.15) is 22.0 Å². The van der Waals surface area contributed by atoms with Gasteiger partial charge in [-0.25, -0.2) is 4.79 Å². The van der Waals surface area contributed by atoms with Crippen LogP contribution in [0.4, 0.5) is 22.0 Å². The molecule has 302 valence electrons. The highest BCUT2D eigenvalue weighted by Crippen LogP contribution is 2.63. The molecule has 2 saturated carbocycles. The minimum atomic E-state index is -5.58. The van der Waals surface area contributed by atoms with Crippen LogP contribution in [0.15, 0.2) is 18.2 Å². The van der Waals surface area contributed by atoms with Gasteiger partial charge in [0.1, 0.15) is 24.1 Å². The molecular formula is C38H55F5O9S. The smallest absolute Gasteiger partial charge is 0.453 e. The van der Waals surface area contributed by atoms with Crippen LogP contribution in [0.3, 0.4) is 0 Å². The summed E-state index contributed by atoms with van der Waals surface area (Å²) < 4.78 is 86.3. The maximum absolute atomic E-state index is 13.1. The summed E-state index contributed by atoms with van der Waals surface area (Å²) in [6.45, 7) is 2.24. The number of ether oxygens (including phenoxy) is 2. The van der Waals surface area contributed by atoms with Crippen molar-refractivity contribution < 1.29 is 66.0 Å². The molecule has 5 N–H and O–H groups in total. The molecule has 0 spiro atoms. The number of carbonyl (C=O) groups is 1. The van der Waals surface area contributed by atoms with E-state index in [-0.39, 0.29) is 17.3 Å². The summed E-state index contributed by atoms with van der Waals surface area (Å²) in [4.78, 5) is 11.6. The van der Waals surface area contributed by atoms with Crippen molar-refractivity contribution in [1.29, 1.82) is 0 Å². The maximum atomic E-state index is 13.1. The Morgan fingerprint density at radius 2 is 1.57 bits per heavy atom. The molecule has 9 nitrogen and oxygen atoms in total. The van der Waals surface area contributed by atoms with Crippen molar-refractivity contribution >= 4 is 16.8 Å². The molecule has 15 heteroatoms. The molecule has 0 amide bonds. The lowest BCUT2D eigenvalue weighted by Gasteiger charge is -2.53. The van der Waals surface area contributed by atoms with E-state index in [0.29, 0.717) is 41.6 Å². The highest BCUT2D eigenvalue weighted by molar-refractivity contribution is 7.84. The zero-order valence-electron chi connectivity index (χ0n) is 30.2. The van der Waals surface area contributed by atoms with E-state index in [2.05, 4.69) is 6.92 Å². The molecule has 1 aliphatic heterocycles. The number of carboxylic acid groups (broad SMARTS) is 1. The summed E-state index contributed by atoms with van der Waals surface area (Å²) in [5, 5.41) is 51.2. The van der Waals surface area contributed by atoms with Gasteiger partial charge in [-0.15, -0.1) is 0 Å². The first-order chi connectivity index (χ1) is 24.9. The largest absolute Gasteiger partial charge is 0.479 e. The predicted octanol–water partition coefficient (Wildman–Crippen LogP) is 6.25. The van der Waals surface area contributed by atoms with Crippen molar-refractivity contribution in [1.82, 2.24) is 0 Å². The van der Waals surface area contributed by atoms with Crippen LogP contribution < -0.4 is 4.74 Å². The fraction of sp³-hybridized carbons (Fsp3) is 0.816. The Hall–Kier alpha value is -1.91. The average molecular weight is 783 g/mol. The first-order valence-corrected chi connectivity index (χ1v) is 20.6. The van der Waals surface area contributed by atoms with E-state index in [1.165, 1.54) is 5.56 Å². The van der Waals surface area contributed by atoms with Gasteiger partial charge in [-0.05, 0) is 104 Å². The number of rotatable bonds is 17. The Morgan fingerprint density at radius 3 is 2.25 bits per heavy atom. The van der Waals surface area contributed by atoms with Crippen molar-refractivity contribution in [3.05, 3.63) is 29.3 Å². The van der Waals surface area contributed by atoms with Gasteiger partial charge in [0.2, 0.25) is 6.29 Å². The zero-order chi connectivity index (χ0) is 38.7. The fourth-order valence-electron chi connectivity index (χ4n) is 9.63. The van der Waals surface area contributed by atoms with Gasteiger partial charge < -0.3 is 35.0 Å². The second kappa shape index (κ2) is 17.5. The number of alkyl halides is 5. The van der Waals surface area contributed by atoms with Crippen LogP contribution in [0, 0.1) is 23.2 Å². The van der Waals surface area contributed by atoms with Gasteiger partial charge in [0.05, 0.1) is 6.10 Å². The zero-order valence-corrected chi connectivity index (χ0v) is 31.0. The topological polar surface area (TPSA) is 154 Å². The summed E-state index contributed by atoms with van der Waals surface area (Å²) in [5.41, 5.74) is 2.24. The number of carboxylic acids is 1. The molecule has 0 aromatic heterocycles. The van der Waals surface area contributed by atoms with Gasteiger partial charge >= 0.3 is 18.1 Å². The Morgan fingerprint density at radius 1 is 0.906 bits per heavy atom. The van der Waals surface area contributed by atoms with Gasteiger partial charge in [0, 0.05) is 28.7 Å². The van der Waals surface area contributed by atoms with E-state index >= 15 is 0 Å². The molecule has 1 aromatic carbocycles. The second-order valence-electron chi connectivity index (χ2n) is 16.0. The molecule has 12 atom stereocenters. The number of aliphatic hydroxyl groups excluding tert-OH is 4. The molecular weight excluding hydrogens is 727 g/mol. The number of benzene rings is 1. The van der Waals surface area contributed by atoms with E-state index < -0.39 is 72.4 Å². The number of halogens is 5. The van der Waals surface area contributed by atoms with Crippen LogP contribution in [-0.4, -0.2) is 96.1 Å². The normalized spacial score (nSPS) is 34.9. The third-order valence-electron chi connectivity index (χ3n) is 12.6. The molecule has 0 unspecified atom stereocenters. The van der Waals surface area contributed by atoms with Crippen LogP contribution in [0.25, 0.3) is 0 Å². The first-order valence-electron chi connectivity index (χ1n) is 19.1. The number of aliphatic hydroxyl groups is 4. The molecule has 53 heavy (non-hydrogen) atoms. The van der Waals surface area contributed by atoms with E-state index in [9.17, 15) is 56.5 Å². The fourth-order valence-corrected chi connectivity index (χ4v) is 10.8. The SMILES string of the molecule is C[C@]12CC[C@H]3c4ccc(O[C@@H]5O[C@H](C(=O)O)[C@@H](O)[C@H](O)[C@@H]5O)cc4C[C@H](CCCCCCCCC[S@@](=O)CCCC(F)(F)C(F)(F)F)[C@H]3[C@H]1CC[C@@H]2O.